The molecule has 3 aromatic rings. The zero-order valence-corrected chi connectivity index (χ0v) is 11.4. The number of hydrogen-bond donors (Lipinski definition) is 1. The van der Waals surface area contributed by atoms with Crippen molar-refractivity contribution in [1.82, 2.24) is 5.32 Å². The summed E-state index contributed by atoms with van der Waals surface area (Å²) in [6.45, 7) is 6.33. The molecule has 1 heterocycles. The van der Waals surface area contributed by atoms with Crippen LogP contribution in [0.2, 0.25) is 0 Å². The molecule has 19 heavy (non-hydrogen) atoms. The summed E-state index contributed by atoms with van der Waals surface area (Å²) in [7, 11) is 0. The van der Waals surface area contributed by atoms with Gasteiger partial charge in [0, 0.05) is 22.9 Å². The van der Waals surface area contributed by atoms with Crippen LogP contribution in [0.25, 0.3) is 21.7 Å². The summed E-state index contributed by atoms with van der Waals surface area (Å²) in [4.78, 5) is 0. The Morgan fingerprint density at radius 3 is 2.74 bits per heavy atom. The molecule has 1 N–H and O–H groups in total. The zero-order valence-electron chi connectivity index (χ0n) is 11.4. The van der Waals surface area contributed by atoms with Crippen LogP contribution in [-0.2, 0) is 6.54 Å². The van der Waals surface area contributed by atoms with E-state index in [0.29, 0.717) is 5.92 Å². The van der Waals surface area contributed by atoms with E-state index in [-0.39, 0.29) is 0 Å². The SMILES string of the molecule is CC(C)CNCc1coc2c1ccc1ccccc12. The molecule has 2 nitrogen and oxygen atoms in total. The molecule has 0 aliphatic heterocycles. The minimum atomic E-state index is 0.666. The lowest BCUT2D eigenvalue weighted by Crippen LogP contribution is -2.18. The summed E-state index contributed by atoms with van der Waals surface area (Å²) in [6.07, 6.45) is 1.88. The highest BCUT2D eigenvalue weighted by molar-refractivity contribution is 6.05. The van der Waals surface area contributed by atoms with E-state index in [0.717, 1.165) is 18.7 Å². The third kappa shape index (κ3) is 2.36. The van der Waals surface area contributed by atoms with Crippen molar-refractivity contribution in [2.45, 2.75) is 20.4 Å². The molecule has 0 saturated heterocycles. The Morgan fingerprint density at radius 2 is 1.89 bits per heavy atom. The van der Waals surface area contributed by atoms with Crippen molar-refractivity contribution in [3.05, 3.63) is 48.2 Å². The van der Waals surface area contributed by atoms with Gasteiger partial charge in [-0.15, -0.1) is 0 Å². The van der Waals surface area contributed by atoms with Crippen LogP contribution in [-0.4, -0.2) is 6.54 Å². The van der Waals surface area contributed by atoms with E-state index >= 15 is 0 Å². The van der Waals surface area contributed by atoms with Gasteiger partial charge in [-0.05, 0) is 17.8 Å². The Kier molecular flexibility index (Phi) is 3.26. The average molecular weight is 253 g/mol. The van der Waals surface area contributed by atoms with Crippen LogP contribution in [0.5, 0.6) is 0 Å². The van der Waals surface area contributed by atoms with Gasteiger partial charge < -0.3 is 9.73 Å². The molecular weight excluding hydrogens is 234 g/mol. The Labute approximate surface area is 113 Å². The van der Waals surface area contributed by atoms with Gasteiger partial charge >= 0.3 is 0 Å². The van der Waals surface area contributed by atoms with Gasteiger partial charge in [-0.25, -0.2) is 0 Å². The minimum absolute atomic E-state index is 0.666. The van der Waals surface area contributed by atoms with Crippen LogP contribution in [0.3, 0.4) is 0 Å². The second-order valence-electron chi connectivity index (χ2n) is 5.45. The molecule has 0 aliphatic carbocycles. The predicted molar refractivity (Wildman–Crippen MR) is 80.3 cm³/mol. The maximum absolute atomic E-state index is 5.78. The standard InChI is InChI=1S/C17H19NO/c1-12(2)9-18-10-14-11-19-17-15-6-4-3-5-13(15)7-8-16(14)17/h3-8,11-12,18H,9-10H2,1-2H3. The van der Waals surface area contributed by atoms with Crippen LogP contribution in [0, 0.1) is 5.92 Å². The molecule has 0 saturated carbocycles. The van der Waals surface area contributed by atoms with Crippen LogP contribution in [0.1, 0.15) is 19.4 Å². The van der Waals surface area contributed by atoms with Crippen molar-refractivity contribution in [2.24, 2.45) is 5.92 Å². The first-order valence-electron chi connectivity index (χ1n) is 6.84. The molecule has 0 radical (unpaired) electrons. The van der Waals surface area contributed by atoms with E-state index in [1.807, 2.05) is 6.26 Å². The predicted octanol–water partition coefficient (Wildman–Crippen LogP) is 4.33. The fourth-order valence-corrected chi connectivity index (χ4v) is 2.45. The van der Waals surface area contributed by atoms with E-state index in [4.69, 9.17) is 4.42 Å². The van der Waals surface area contributed by atoms with E-state index in [1.165, 1.54) is 21.7 Å². The Hall–Kier alpha value is -1.80. The van der Waals surface area contributed by atoms with Crippen molar-refractivity contribution in [3.63, 3.8) is 0 Å². The molecule has 0 atom stereocenters. The Morgan fingerprint density at radius 1 is 1.05 bits per heavy atom. The van der Waals surface area contributed by atoms with Gasteiger partial charge in [0.25, 0.3) is 0 Å². The molecule has 2 aromatic carbocycles. The second-order valence-corrected chi connectivity index (χ2v) is 5.45. The summed E-state index contributed by atoms with van der Waals surface area (Å²) >= 11 is 0. The van der Waals surface area contributed by atoms with E-state index in [9.17, 15) is 0 Å². The third-order valence-electron chi connectivity index (χ3n) is 3.41. The minimum Gasteiger partial charge on any atom is -0.463 e. The van der Waals surface area contributed by atoms with Gasteiger partial charge in [0.2, 0.25) is 0 Å². The Bertz CT molecular complexity index is 697. The molecule has 1 aromatic heterocycles. The summed E-state index contributed by atoms with van der Waals surface area (Å²) < 4.78 is 5.78. The first kappa shape index (κ1) is 12.2. The molecule has 0 aliphatic rings. The van der Waals surface area contributed by atoms with E-state index in [1.54, 1.807) is 0 Å². The molecule has 0 unspecified atom stereocenters. The molecule has 3 rings (SSSR count). The third-order valence-corrected chi connectivity index (χ3v) is 3.41. The van der Waals surface area contributed by atoms with Gasteiger partial charge in [0.1, 0.15) is 5.58 Å². The first-order chi connectivity index (χ1) is 9.25. The lowest BCUT2D eigenvalue weighted by Gasteiger charge is -2.06. The molecule has 0 bridgehead atoms. The van der Waals surface area contributed by atoms with Gasteiger partial charge in [0.15, 0.2) is 0 Å². The lowest BCUT2D eigenvalue weighted by molar-refractivity contribution is 0.547. The first-order valence-corrected chi connectivity index (χ1v) is 6.84. The summed E-state index contributed by atoms with van der Waals surface area (Å²) in [5, 5.41) is 7.10. The topological polar surface area (TPSA) is 25.2 Å². The molecule has 0 fully saturated rings. The zero-order chi connectivity index (χ0) is 13.2. The molecule has 0 spiro atoms. The van der Waals surface area contributed by atoms with Gasteiger partial charge in [-0.3, -0.25) is 0 Å². The average Bonchev–Trinajstić information content (AvgIpc) is 2.82. The maximum atomic E-state index is 5.78. The quantitative estimate of drug-likeness (QED) is 0.748. The Balaban J connectivity index is 1.97. The van der Waals surface area contributed by atoms with Crippen LogP contribution >= 0.6 is 0 Å². The largest absolute Gasteiger partial charge is 0.463 e. The monoisotopic (exact) mass is 253 g/mol. The highest BCUT2D eigenvalue weighted by Crippen LogP contribution is 2.29. The summed E-state index contributed by atoms with van der Waals surface area (Å²) in [6, 6.07) is 12.7. The number of benzene rings is 2. The summed E-state index contributed by atoms with van der Waals surface area (Å²) in [5.74, 6) is 0.666. The molecular formula is C17H19NO. The number of nitrogens with one attached hydrogen (secondary N) is 1. The number of rotatable bonds is 4. The highest BCUT2D eigenvalue weighted by Gasteiger charge is 2.08. The normalized spacial score (nSPS) is 11.7. The molecule has 0 amide bonds. The molecule has 98 valence electrons. The van der Waals surface area contributed by atoms with Gasteiger partial charge in [-0.2, -0.15) is 0 Å². The number of fused-ring (bicyclic) bond motifs is 3. The van der Waals surface area contributed by atoms with Crippen molar-refractivity contribution >= 4 is 21.7 Å². The van der Waals surface area contributed by atoms with Crippen molar-refractivity contribution in [3.8, 4) is 0 Å². The molecule has 2 heteroatoms. The second kappa shape index (κ2) is 5.06. The van der Waals surface area contributed by atoms with Crippen LogP contribution < -0.4 is 5.32 Å². The lowest BCUT2D eigenvalue weighted by atomic mass is 10.1. The van der Waals surface area contributed by atoms with Crippen molar-refractivity contribution < 1.29 is 4.42 Å². The smallest absolute Gasteiger partial charge is 0.142 e. The van der Waals surface area contributed by atoms with Gasteiger partial charge in [0.05, 0.1) is 6.26 Å². The maximum Gasteiger partial charge on any atom is 0.142 e. The van der Waals surface area contributed by atoms with Crippen molar-refractivity contribution in [2.75, 3.05) is 6.54 Å². The van der Waals surface area contributed by atoms with Crippen LogP contribution in [0.4, 0.5) is 0 Å². The highest BCUT2D eigenvalue weighted by atomic mass is 16.3. The van der Waals surface area contributed by atoms with E-state index < -0.39 is 0 Å². The van der Waals surface area contributed by atoms with Crippen molar-refractivity contribution in [1.29, 1.82) is 0 Å². The van der Waals surface area contributed by atoms with Crippen LogP contribution in [0.15, 0.2) is 47.1 Å². The number of hydrogen-bond acceptors (Lipinski definition) is 2. The fraction of sp³-hybridized carbons (Fsp3) is 0.294. The van der Waals surface area contributed by atoms with E-state index in [2.05, 4.69) is 55.6 Å². The van der Waals surface area contributed by atoms with Gasteiger partial charge in [-0.1, -0.05) is 50.2 Å². The fourth-order valence-electron chi connectivity index (χ4n) is 2.45. The summed E-state index contributed by atoms with van der Waals surface area (Å²) in [5.41, 5.74) is 2.24. The number of furan rings is 1.